The normalized spacial score (nSPS) is 9.81. The van der Waals surface area contributed by atoms with E-state index in [4.69, 9.17) is 0 Å². The third kappa shape index (κ3) is 4.04. The number of carbonyl (C=O) groups is 2. The standard InChI is InChI=1S/C15H16N4O2/c1-19(2)13-7-5-11(6-8-13)17-14(20)15(21)18-12-4-3-9-16-10-12/h3-10H,1-2H3,(H,17,20)(H,18,21). The highest BCUT2D eigenvalue weighted by Gasteiger charge is 2.13. The molecule has 0 fully saturated rings. The average molecular weight is 284 g/mol. The van der Waals surface area contributed by atoms with Gasteiger partial charge >= 0.3 is 11.8 Å². The summed E-state index contributed by atoms with van der Waals surface area (Å²) >= 11 is 0. The maximum atomic E-state index is 11.8. The minimum Gasteiger partial charge on any atom is -0.378 e. The van der Waals surface area contributed by atoms with E-state index < -0.39 is 11.8 Å². The van der Waals surface area contributed by atoms with Crippen LogP contribution in [-0.4, -0.2) is 30.9 Å². The SMILES string of the molecule is CN(C)c1ccc(NC(=O)C(=O)Nc2cccnc2)cc1. The first kappa shape index (κ1) is 14.5. The van der Waals surface area contributed by atoms with Gasteiger partial charge < -0.3 is 15.5 Å². The number of hydrogen-bond acceptors (Lipinski definition) is 4. The Hall–Kier alpha value is -2.89. The quantitative estimate of drug-likeness (QED) is 0.842. The molecule has 21 heavy (non-hydrogen) atoms. The van der Waals surface area contributed by atoms with Crippen molar-refractivity contribution in [3.8, 4) is 0 Å². The largest absolute Gasteiger partial charge is 0.378 e. The van der Waals surface area contributed by atoms with Gasteiger partial charge in [-0.2, -0.15) is 0 Å². The van der Waals surface area contributed by atoms with Gasteiger partial charge in [-0.1, -0.05) is 0 Å². The van der Waals surface area contributed by atoms with Gasteiger partial charge in [0.25, 0.3) is 0 Å². The molecule has 108 valence electrons. The minimum atomic E-state index is -0.736. The zero-order valence-corrected chi connectivity index (χ0v) is 11.8. The van der Waals surface area contributed by atoms with Gasteiger partial charge in [0.05, 0.1) is 11.9 Å². The van der Waals surface area contributed by atoms with Gasteiger partial charge in [0, 0.05) is 31.7 Å². The van der Waals surface area contributed by atoms with Crippen LogP contribution >= 0.6 is 0 Å². The number of carbonyl (C=O) groups excluding carboxylic acids is 2. The lowest BCUT2D eigenvalue weighted by atomic mass is 10.2. The third-order valence-electron chi connectivity index (χ3n) is 2.77. The zero-order valence-electron chi connectivity index (χ0n) is 11.8. The second-order valence-corrected chi connectivity index (χ2v) is 4.59. The highest BCUT2D eigenvalue weighted by molar-refractivity contribution is 6.43. The van der Waals surface area contributed by atoms with E-state index in [0.29, 0.717) is 11.4 Å². The number of pyridine rings is 1. The summed E-state index contributed by atoms with van der Waals surface area (Å²) in [5.74, 6) is -1.46. The smallest absolute Gasteiger partial charge is 0.314 e. The van der Waals surface area contributed by atoms with Gasteiger partial charge in [-0.15, -0.1) is 0 Å². The summed E-state index contributed by atoms with van der Waals surface area (Å²) in [6, 6.07) is 10.5. The average Bonchev–Trinajstić information content (AvgIpc) is 2.48. The molecule has 0 radical (unpaired) electrons. The molecule has 1 heterocycles. The molecule has 6 heteroatoms. The number of aromatic nitrogens is 1. The van der Waals surface area contributed by atoms with Crippen molar-refractivity contribution >= 4 is 28.9 Å². The fraction of sp³-hybridized carbons (Fsp3) is 0.133. The van der Waals surface area contributed by atoms with Crippen molar-refractivity contribution in [1.29, 1.82) is 0 Å². The first-order valence-corrected chi connectivity index (χ1v) is 6.36. The van der Waals surface area contributed by atoms with Gasteiger partial charge in [-0.3, -0.25) is 14.6 Å². The molecule has 0 aliphatic rings. The van der Waals surface area contributed by atoms with E-state index in [-0.39, 0.29) is 0 Å². The monoisotopic (exact) mass is 284 g/mol. The molecule has 1 aromatic carbocycles. The number of anilines is 3. The van der Waals surface area contributed by atoms with Crippen molar-refractivity contribution in [2.75, 3.05) is 29.6 Å². The molecule has 2 aromatic rings. The molecule has 2 rings (SSSR count). The van der Waals surface area contributed by atoms with Crippen LogP contribution in [0.5, 0.6) is 0 Å². The summed E-state index contributed by atoms with van der Waals surface area (Å²) in [7, 11) is 3.85. The molecule has 1 aromatic heterocycles. The molecule has 0 saturated heterocycles. The van der Waals surface area contributed by atoms with E-state index in [9.17, 15) is 9.59 Å². The van der Waals surface area contributed by atoms with Gasteiger partial charge in [0.1, 0.15) is 0 Å². The fourth-order valence-corrected chi connectivity index (χ4v) is 1.66. The molecule has 0 atom stereocenters. The summed E-state index contributed by atoms with van der Waals surface area (Å²) in [4.78, 5) is 29.3. The van der Waals surface area contributed by atoms with Gasteiger partial charge in [-0.25, -0.2) is 0 Å². The molecule has 0 unspecified atom stereocenters. The Bertz CT molecular complexity index is 624. The molecule has 0 aliphatic carbocycles. The highest BCUT2D eigenvalue weighted by Crippen LogP contribution is 2.15. The Labute approximate surface area is 122 Å². The van der Waals surface area contributed by atoms with Crippen molar-refractivity contribution in [3.05, 3.63) is 48.8 Å². The summed E-state index contributed by atoms with van der Waals surface area (Å²) in [5.41, 5.74) is 2.04. The van der Waals surface area contributed by atoms with Crippen molar-refractivity contribution in [2.45, 2.75) is 0 Å². The maximum Gasteiger partial charge on any atom is 0.314 e. The maximum absolute atomic E-state index is 11.8. The highest BCUT2D eigenvalue weighted by atomic mass is 16.2. The lowest BCUT2D eigenvalue weighted by Crippen LogP contribution is -2.29. The number of rotatable bonds is 3. The van der Waals surface area contributed by atoms with Gasteiger partial charge in [0.2, 0.25) is 0 Å². The van der Waals surface area contributed by atoms with Crippen LogP contribution < -0.4 is 15.5 Å². The molecule has 2 N–H and O–H groups in total. The van der Waals surface area contributed by atoms with E-state index in [0.717, 1.165) is 5.69 Å². The van der Waals surface area contributed by atoms with Gasteiger partial charge in [-0.05, 0) is 36.4 Å². The number of amides is 2. The molecule has 0 saturated carbocycles. The van der Waals surface area contributed by atoms with Crippen LogP contribution in [-0.2, 0) is 9.59 Å². The van der Waals surface area contributed by atoms with Crippen LogP contribution in [0.25, 0.3) is 0 Å². The predicted octanol–water partition coefficient (Wildman–Crippen LogP) is 1.72. The molecule has 0 spiro atoms. The predicted molar refractivity (Wildman–Crippen MR) is 82.3 cm³/mol. The van der Waals surface area contributed by atoms with E-state index in [1.165, 1.54) is 6.20 Å². The molecule has 2 amide bonds. The Morgan fingerprint density at radius 3 is 2.10 bits per heavy atom. The molecule has 0 bridgehead atoms. The van der Waals surface area contributed by atoms with Crippen LogP contribution in [0.4, 0.5) is 17.1 Å². The van der Waals surface area contributed by atoms with Crippen LogP contribution in [0.3, 0.4) is 0 Å². The lowest BCUT2D eigenvalue weighted by Gasteiger charge is -2.13. The van der Waals surface area contributed by atoms with Crippen molar-refractivity contribution in [3.63, 3.8) is 0 Å². The summed E-state index contributed by atoms with van der Waals surface area (Å²) in [6.07, 6.45) is 3.05. The Morgan fingerprint density at radius 1 is 0.952 bits per heavy atom. The summed E-state index contributed by atoms with van der Waals surface area (Å²) in [5, 5.41) is 5.01. The number of benzene rings is 1. The zero-order chi connectivity index (χ0) is 15.2. The third-order valence-corrected chi connectivity index (χ3v) is 2.77. The molecular formula is C15H16N4O2. The topological polar surface area (TPSA) is 74.3 Å². The van der Waals surface area contributed by atoms with Crippen LogP contribution in [0.1, 0.15) is 0 Å². The minimum absolute atomic E-state index is 0.473. The Kier molecular flexibility index (Phi) is 4.50. The van der Waals surface area contributed by atoms with Crippen LogP contribution in [0, 0.1) is 0 Å². The van der Waals surface area contributed by atoms with Crippen LogP contribution in [0.15, 0.2) is 48.8 Å². The number of hydrogen-bond donors (Lipinski definition) is 2. The molecule has 0 aliphatic heterocycles. The molecular weight excluding hydrogens is 268 g/mol. The van der Waals surface area contributed by atoms with Crippen molar-refractivity contribution in [2.24, 2.45) is 0 Å². The van der Waals surface area contributed by atoms with Crippen molar-refractivity contribution < 1.29 is 9.59 Å². The fourth-order valence-electron chi connectivity index (χ4n) is 1.66. The van der Waals surface area contributed by atoms with E-state index in [2.05, 4.69) is 15.6 Å². The second kappa shape index (κ2) is 6.51. The second-order valence-electron chi connectivity index (χ2n) is 4.59. The number of nitrogens with one attached hydrogen (secondary N) is 2. The molecule has 6 nitrogen and oxygen atoms in total. The Balaban J connectivity index is 1.96. The van der Waals surface area contributed by atoms with Crippen molar-refractivity contribution in [1.82, 2.24) is 4.98 Å². The van der Waals surface area contributed by atoms with E-state index in [1.807, 2.05) is 31.1 Å². The summed E-state index contributed by atoms with van der Waals surface area (Å²) < 4.78 is 0. The number of nitrogens with zero attached hydrogens (tertiary/aromatic N) is 2. The Morgan fingerprint density at radius 2 is 1.57 bits per heavy atom. The van der Waals surface area contributed by atoms with E-state index in [1.54, 1.807) is 30.5 Å². The van der Waals surface area contributed by atoms with Crippen LogP contribution in [0.2, 0.25) is 0 Å². The summed E-state index contributed by atoms with van der Waals surface area (Å²) in [6.45, 7) is 0. The van der Waals surface area contributed by atoms with E-state index >= 15 is 0 Å². The first-order valence-electron chi connectivity index (χ1n) is 6.36. The first-order chi connectivity index (χ1) is 10.1. The lowest BCUT2D eigenvalue weighted by molar-refractivity contribution is -0.133. The van der Waals surface area contributed by atoms with Gasteiger partial charge in [0.15, 0.2) is 0 Å².